The Morgan fingerprint density at radius 2 is 1.82 bits per heavy atom. The topological polar surface area (TPSA) is 111 Å². The Morgan fingerprint density at radius 1 is 1.15 bits per heavy atom. The number of nitrogens with zero attached hydrogens (tertiary/aromatic N) is 5. The lowest BCUT2D eigenvalue weighted by Gasteiger charge is -2.14. The molecule has 172 valence electrons. The number of amides is 1. The van der Waals surface area contributed by atoms with Crippen LogP contribution in [0.25, 0.3) is 5.82 Å². The van der Waals surface area contributed by atoms with Gasteiger partial charge in [-0.1, -0.05) is 11.6 Å². The van der Waals surface area contributed by atoms with Crippen molar-refractivity contribution in [3.05, 3.63) is 71.0 Å². The summed E-state index contributed by atoms with van der Waals surface area (Å²) < 4.78 is 81.0. The lowest BCUT2D eigenvalue weighted by atomic mass is 10.1. The first kappa shape index (κ1) is 23.7. The van der Waals surface area contributed by atoms with Gasteiger partial charge in [0.25, 0.3) is 5.91 Å². The van der Waals surface area contributed by atoms with Crippen LogP contribution < -0.4 is 11.1 Å². The summed E-state index contributed by atoms with van der Waals surface area (Å²) >= 11 is 6.04. The summed E-state index contributed by atoms with van der Waals surface area (Å²) in [6.07, 6.45) is -1.31. The molecule has 8 nitrogen and oxygen atoms in total. The van der Waals surface area contributed by atoms with Gasteiger partial charge < -0.3 is 11.1 Å². The SMILES string of the molecule is NC=C(C(=O)Nc1cnc(-n2nccn2)c(Cl)c1)C(=Nc1ccc(F)c(F)c1F)C(F)(F)F. The van der Waals surface area contributed by atoms with E-state index in [4.69, 9.17) is 17.3 Å². The van der Waals surface area contributed by atoms with Gasteiger partial charge in [0, 0.05) is 6.20 Å². The Bertz CT molecular complexity index is 1260. The zero-order valence-electron chi connectivity index (χ0n) is 15.9. The minimum Gasteiger partial charge on any atom is -0.404 e. The van der Waals surface area contributed by atoms with Crippen LogP contribution >= 0.6 is 11.6 Å². The maximum absolute atomic E-state index is 13.8. The van der Waals surface area contributed by atoms with Gasteiger partial charge in [0.2, 0.25) is 0 Å². The lowest BCUT2D eigenvalue weighted by molar-refractivity contribution is -0.113. The zero-order valence-corrected chi connectivity index (χ0v) is 16.7. The lowest BCUT2D eigenvalue weighted by Crippen LogP contribution is -2.32. The number of hydrogen-bond donors (Lipinski definition) is 2. The molecule has 0 fully saturated rings. The summed E-state index contributed by atoms with van der Waals surface area (Å²) in [7, 11) is 0. The van der Waals surface area contributed by atoms with Crippen molar-refractivity contribution in [3.8, 4) is 5.82 Å². The Labute approximate surface area is 185 Å². The summed E-state index contributed by atoms with van der Waals surface area (Å²) in [5, 5.41) is 9.65. The fraction of sp³-hybridized carbons (Fsp3) is 0.0556. The van der Waals surface area contributed by atoms with E-state index in [1.165, 1.54) is 12.4 Å². The van der Waals surface area contributed by atoms with Crippen LogP contribution in [0.1, 0.15) is 0 Å². The molecular weight excluding hydrogens is 480 g/mol. The summed E-state index contributed by atoms with van der Waals surface area (Å²) in [5.41, 5.74) is 0.667. The number of aliphatic imine (C=N–C) groups is 1. The number of anilines is 1. The van der Waals surface area contributed by atoms with E-state index in [1.807, 2.05) is 0 Å². The molecule has 1 aromatic carbocycles. The molecular formula is C18H10ClF6N7O. The average Bonchev–Trinajstić information content (AvgIpc) is 3.27. The number of benzene rings is 1. The highest BCUT2D eigenvalue weighted by atomic mass is 35.5. The number of carbonyl (C=O) groups is 1. The van der Waals surface area contributed by atoms with Gasteiger partial charge in [-0.05, 0) is 18.2 Å². The molecule has 0 saturated heterocycles. The van der Waals surface area contributed by atoms with E-state index in [0.717, 1.165) is 17.1 Å². The summed E-state index contributed by atoms with van der Waals surface area (Å²) in [6.45, 7) is 0. The molecule has 0 spiro atoms. The van der Waals surface area contributed by atoms with Crippen LogP contribution in [0.15, 0.2) is 53.6 Å². The van der Waals surface area contributed by atoms with Crippen LogP contribution in [0.5, 0.6) is 0 Å². The van der Waals surface area contributed by atoms with Gasteiger partial charge in [0.1, 0.15) is 5.69 Å². The van der Waals surface area contributed by atoms with Gasteiger partial charge in [-0.25, -0.2) is 23.1 Å². The number of nitrogens with one attached hydrogen (secondary N) is 1. The third-order valence-electron chi connectivity index (χ3n) is 3.87. The van der Waals surface area contributed by atoms with Gasteiger partial charge in [-0.2, -0.15) is 23.4 Å². The van der Waals surface area contributed by atoms with Gasteiger partial charge in [0.15, 0.2) is 29.0 Å². The van der Waals surface area contributed by atoms with Gasteiger partial charge >= 0.3 is 6.18 Å². The molecule has 0 aliphatic heterocycles. The molecule has 0 atom stereocenters. The minimum atomic E-state index is -5.33. The van der Waals surface area contributed by atoms with Crippen molar-refractivity contribution in [2.24, 2.45) is 10.7 Å². The van der Waals surface area contributed by atoms with E-state index in [1.54, 1.807) is 0 Å². The number of carbonyl (C=O) groups excluding carboxylic acids is 1. The second-order valence-electron chi connectivity index (χ2n) is 6.04. The molecule has 0 aliphatic rings. The van der Waals surface area contributed by atoms with Crippen LogP contribution in [-0.4, -0.2) is 37.8 Å². The predicted molar refractivity (Wildman–Crippen MR) is 105 cm³/mol. The highest BCUT2D eigenvalue weighted by Crippen LogP contribution is 2.29. The van der Waals surface area contributed by atoms with Crippen molar-refractivity contribution in [1.82, 2.24) is 20.0 Å². The zero-order chi connectivity index (χ0) is 24.3. The molecule has 3 N–H and O–H groups in total. The first-order chi connectivity index (χ1) is 15.5. The van der Waals surface area contributed by atoms with E-state index < -0.39 is 46.5 Å². The van der Waals surface area contributed by atoms with Crippen LogP contribution in [-0.2, 0) is 4.79 Å². The Morgan fingerprint density at radius 3 is 2.39 bits per heavy atom. The molecule has 0 aliphatic carbocycles. The standard InChI is InChI=1S/C18H10ClF6N7O/c19-10-5-8(7-27-16(10)32-28-3-4-29-32)30-17(33)9(6-26)15(18(23,24)25)31-12-2-1-11(20)13(21)14(12)22/h1-7H,26H2,(H,30,33). The molecule has 3 rings (SSSR count). The fourth-order valence-electron chi connectivity index (χ4n) is 2.43. The number of pyridine rings is 1. The first-order valence-electron chi connectivity index (χ1n) is 8.58. The Hall–Kier alpha value is -3.94. The molecule has 3 aromatic rings. The largest absolute Gasteiger partial charge is 0.434 e. The van der Waals surface area contributed by atoms with Crippen molar-refractivity contribution in [2.75, 3.05) is 5.32 Å². The molecule has 1 amide bonds. The molecule has 0 unspecified atom stereocenters. The number of alkyl halides is 3. The summed E-state index contributed by atoms with van der Waals surface area (Å²) in [4.78, 5) is 20.4. The van der Waals surface area contributed by atoms with Crippen LogP contribution in [0, 0.1) is 17.5 Å². The van der Waals surface area contributed by atoms with E-state index in [-0.39, 0.29) is 22.7 Å². The van der Waals surface area contributed by atoms with E-state index in [0.29, 0.717) is 12.1 Å². The van der Waals surface area contributed by atoms with Crippen molar-refractivity contribution in [1.29, 1.82) is 0 Å². The van der Waals surface area contributed by atoms with E-state index >= 15 is 0 Å². The Kier molecular flexibility index (Phi) is 6.67. The van der Waals surface area contributed by atoms with E-state index in [2.05, 4.69) is 25.5 Å². The monoisotopic (exact) mass is 489 g/mol. The number of aromatic nitrogens is 4. The quantitative estimate of drug-likeness (QED) is 0.245. The average molecular weight is 490 g/mol. The van der Waals surface area contributed by atoms with Gasteiger partial charge in [0.05, 0.1) is 34.9 Å². The summed E-state index contributed by atoms with van der Waals surface area (Å²) in [6, 6.07) is 2.00. The van der Waals surface area contributed by atoms with Crippen molar-refractivity contribution in [3.63, 3.8) is 0 Å². The van der Waals surface area contributed by atoms with Gasteiger partial charge in [-0.3, -0.25) is 4.79 Å². The molecule has 0 radical (unpaired) electrons. The Balaban J connectivity index is 1.94. The second-order valence-corrected chi connectivity index (χ2v) is 6.44. The van der Waals surface area contributed by atoms with E-state index in [9.17, 15) is 31.1 Å². The molecule has 33 heavy (non-hydrogen) atoms. The highest BCUT2D eigenvalue weighted by Gasteiger charge is 2.41. The van der Waals surface area contributed by atoms with Gasteiger partial charge in [-0.15, -0.1) is 4.80 Å². The van der Waals surface area contributed by atoms with Crippen molar-refractivity contribution < 1.29 is 31.1 Å². The fourth-order valence-corrected chi connectivity index (χ4v) is 2.67. The van der Waals surface area contributed by atoms with Crippen LogP contribution in [0.4, 0.5) is 37.7 Å². The smallest absolute Gasteiger partial charge is 0.404 e. The van der Waals surface area contributed by atoms with Crippen molar-refractivity contribution >= 4 is 34.6 Å². The normalized spacial score (nSPS) is 12.7. The maximum atomic E-state index is 13.8. The molecule has 0 bridgehead atoms. The molecule has 2 heterocycles. The number of rotatable bonds is 5. The van der Waals surface area contributed by atoms with Crippen molar-refractivity contribution in [2.45, 2.75) is 6.18 Å². The predicted octanol–water partition coefficient (Wildman–Crippen LogP) is 3.85. The first-order valence-corrected chi connectivity index (χ1v) is 8.96. The number of hydrogen-bond acceptors (Lipinski definition) is 6. The molecule has 0 saturated carbocycles. The minimum absolute atomic E-state index is 0.0594. The highest BCUT2D eigenvalue weighted by molar-refractivity contribution is 6.32. The maximum Gasteiger partial charge on any atom is 0.434 e. The number of nitrogens with two attached hydrogens (primary N) is 1. The number of halogens is 7. The third-order valence-corrected chi connectivity index (χ3v) is 4.15. The third kappa shape index (κ3) is 5.11. The molecule has 2 aromatic heterocycles. The molecule has 15 heteroatoms. The van der Waals surface area contributed by atoms with Crippen LogP contribution in [0.2, 0.25) is 5.02 Å². The summed E-state index contributed by atoms with van der Waals surface area (Å²) in [5.74, 6) is -6.99. The second kappa shape index (κ2) is 9.28. The van der Waals surface area contributed by atoms with Crippen LogP contribution in [0.3, 0.4) is 0 Å².